The van der Waals surface area contributed by atoms with Crippen LogP contribution in [-0.4, -0.2) is 48.6 Å². The van der Waals surface area contributed by atoms with Crippen molar-refractivity contribution in [3.63, 3.8) is 0 Å². The second-order valence-corrected chi connectivity index (χ2v) is 7.21. The maximum atomic E-state index is 12.5. The number of hydrogen-bond donors (Lipinski definition) is 1. The summed E-state index contributed by atoms with van der Waals surface area (Å²) in [6.07, 6.45) is 3.62. The van der Waals surface area contributed by atoms with Gasteiger partial charge in [-0.05, 0) is 37.2 Å². The fraction of sp³-hybridized carbons (Fsp3) is 0.600. The van der Waals surface area contributed by atoms with Gasteiger partial charge in [0.1, 0.15) is 6.10 Å². The second-order valence-electron chi connectivity index (χ2n) is 7.21. The molecule has 2 fully saturated rings. The third kappa shape index (κ3) is 4.82. The van der Waals surface area contributed by atoms with Crippen LogP contribution in [0, 0.1) is 5.92 Å². The molecular formula is C20H28N2O3. The van der Waals surface area contributed by atoms with Crippen molar-refractivity contribution in [2.24, 2.45) is 5.92 Å². The van der Waals surface area contributed by atoms with Crippen molar-refractivity contribution < 1.29 is 14.3 Å². The number of rotatable bonds is 5. The van der Waals surface area contributed by atoms with E-state index in [2.05, 4.69) is 12.2 Å². The molecule has 1 N–H and O–H groups in total. The number of likely N-dealkylation sites (tertiary alicyclic amines) is 1. The van der Waals surface area contributed by atoms with E-state index in [1.54, 1.807) is 0 Å². The third-order valence-electron chi connectivity index (χ3n) is 5.29. The summed E-state index contributed by atoms with van der Waals surface area (Å²) in [6, 6.07) is 10.2. The van der Waals surface area contributed by atoms with E-state index < -0.39 is 0 Å². The Hall–Kier alpha value is -1.88. The van der Waals surface area contributed by atoms with Crippen LogP contribution in [0.2, 0.25) is 0 Å². The molecule has 2 aliphatic rings. The monoisotopic (exact) mass is 344 g/mol. The average molecular weight is 344 g/mol. The van der Waals surface area contributed by atoms with Crippen LogP contribution in [0.5, 0.6) is 0 Å². The zero-order chi connectivity index (χ0) is 17.6. The third-order valence-corrected chi connectivity index (χ3v) is 5.29. The molecule has 0 radical (unpaired) electrons. The van der Waals surface area contributed by atoms with Gasteiger partial charge in [-0.3, -0.25) is 9.59 Å². The van der Waals surface area contributed by atoms with E-state index in [1.807, 2.05) is 35.2 Å². The molecule has 2 amide bonds. The lowest BCUT2D eigenvalue weighted by Crippen LogP contribution is -2.49. The van der Waals surface area contributed by atoms with Gasteiger partial charge in [0.25, 0.3) is 5.91 Å². The molecule has 2 aliphatic heterocycles. The van der Waals surface area contributed by atoms with Gasteiger partial charge < -0.3 is 15.0 Å². The zero-order valence-corrected chi connectivity index (χ0v) is 14.9. The first kappa shape index (κ1) is 17.9. The van der Waals surface area contributed by atoms with E-state index in [1.165, 1.54) is 5.56 Å². The molecular weight excluding hydrogens is 316 g/mol. The molecule has 5 nitrogen and oxygen atoms in total. The van der Waals surface area contributed by atoms with Crippen LogP contribution >= 0.6 is 0 Å². The molecule has 0 saturated carbocycles. The van der Waals surface area contributed by atoms with Crippen LogP contribution < -0.4 is 5.32 Å². The van der Waals surface area contributed by atoms with E-state index in [0.717, 1.165) is 25.7 Å². The number of carbonyl (C=O) groups excluding carboxylic acids is 2. The van der Waals surface area contributed by atoms with Crippen molar-refractivity contribution in [2.75, 3.05) is 19.7 Å². The number of hydrogen-bond acceptors (Lipinski definition) is 3. The Balaban J connectivity index is 1.38. The van der Waals surface area contributed by atoms with Gasteiger partial charge in [-0.1, -0.05) is 37.3 Å². The van der Waals surface area contributed by atoms with Crippen LogP contribution in [0.4, 0.5) is 0 Å². The molecule has 25 heavy (non-hydrogen) atoms. The number of aryl methyl sites for hydroxylation is 1. The number of carbonyl (C=O) groups is 2. The van der Waals surface area contributed by atoms with Crippen molar-refractivity contribution >= 4 is 11.8 Å². The number of amides is 2. The summed E-state index contributed by atoms with van der Waals surface area (Å²) in [6.45, 7) is 4.17. The first-order valence-electron chi connectivity index (χ1n) is 9.37. The summed E-state index contributed by atoms with van der Waals surface area (Å²) in [5, 5.41) is 3.12. The number of nitrogens with zero attached hydrogens (tertiary/aromatic N) is 1. The normalized spacial score (nSPS) is 24.3. The van der Waals surface area contributed by atoms with E-state index in [9.17, 15) is 9.59 Å². The van der Waals surface area contributed by atoms with Crippen LogP contribution in [0.3, 0.4) is 0 Å². The van der Waals surface area contributed by atoms with E-state index in [-0.39, 0.29) is 24.0 Å². The summed E-state index contributed by atoms with van der Waals surface area (Å²) < 4.78 is 5.58. The van der Waals surface area contributed by atoms with Gasteiger partial charge in [0, 0.05) is 32.2 Å². The van der Waals surface area contributed by atoms with Gasteiger partial charge in [-0.2, -0.15) is 0 Å². The highest BCUT2D eigenvalue weighted by molar-refractivity contribution is 5.81. The highest BCUT2D eigenvalue weighted by Crippen LogP contribution is 2.23. The minimum atomic E-state index is -0.267. The van der Waals surface area contributed by atoms with Crippen molar-refractivity contribution in [3.8, 4) is 0 Å². The first-order valence-corrected chi connectivity index (χ1v) is 9.37. The average Bonchev–Trinajstić information content (AvgIpc) is 3.07. The highest BCUT2D eigenvalue weighted by atomic mass is 16.5. The Labute approximate surface area is 149 Å². The van der Waals surface area contributed by atoms with Gasteiger partial charge in [0.05, 0.1) is 0 Å². The molecule has 0 bridgehead atoms. The summed E-state index contributed by atoms with van der Waals surface area (Å²) in [7, 11) is 0. The summed E-state index contributed by atoms with van der Waals surface area (Å²) in [5.74, 6) is 0.531. The Morgan fingerprint density at radius 2 is 1.88 bits per heavy atom. The van der Waals surface area contributed by atoms with E-state index in [4.69, 9.17) is 4.74 Å². The van der Waals surface area contributed by atoms with Gasteiger partial charge >= 0.3 is 0 Å². The van der Waals surface area contributed by atoms with Crippen molar-refractivity contribution in [2.45, 2.75) is 51.2 Å². The van der Waals surface area contributed by atoms with Crippen LogP contribution in [0.15, 0.2) is 30.3 Å². The Bertz CT molecular complexity index is 582. The Morgan fingerprint density at radius 3 is 2.52 bits per heavy atom. The van der Waals surface area contributed by atoms with E-state index >= 15 is 0 Å². The molecule has 2 unspecified atom stereocenters. The van der Waals surface area contributed by atoms with Crippen molar-refractivity contribution in [3.05, 3.63) is 35.9 Å². The largest absolute Gasteiger partial charge is 0.368 e. The Morgan fingerprint density at radius 1 is 1.16 bits per heavy atom. The molecule has 3 rings (SSSR count). The quantitative estimate of drug-likeness (QED) is 0.890. The standard InChI is InChI=1S/C20H28N2O3/c1-15-11-14-25-19(15)20(24)22-12-9-17(10-13-22)21-18(23)8-7-16-5-3-2-4-6-16/h2-6,15,17,19H,7-14H2,1H3,(H,21,23). The topological polar surface area (TPSA) is 58.6 Å². The Kier molecular flexibility index (Phi) is 6.08. The summed E-state index contributed by atoms with van der Waals surface area (Å²) in [5.41, 5.74) is 1.18. The fourth-order valence-corrected chi connectivity index (χ4v) is 3.64. The van der Waals surface area contributed by atoms with Gasteiger partial charge in [-0.15, -0.1) is 0 Å². The molecule has 2 atom stereocenters. The summed E-state index contributed by atoms with van der Waals surface area (Å²) in [4.78, 5) is 26.6. The number of piperidine rings is 1. The molecule has 5 heteroatoms. The van der Waals surface area contributed by atoms with Gasteiger partial charge in [0.2, 0.25) is 5.91 Å². The zero-order valence-electron chi connectivity index (χ0n) is 14.9. The fourth-order valence-electron chi connectivity index (χ4n) is 3.64. The molecule has 1 aromatic carbocycles. The maximum Gasteiger partial charge on any atom is 0.251 e. The molecule has 0 spiro atoms. The SMILES string of the molecule is CC1CCOC1C(=O)N1CCC(NC(=O)CCc2ccccc2)CC1. The first-order chi connectivity index (χ1) is 12.1. The van der Waals surface area contributed by atoms with Crippen molar-refractivity contribution in [1.82, 2.24) is 10.2 Å². The second kappa shape index (κ2) is 8.48. The van der Waals surface area contributed by atoms with Crippen molar-refractivity contribution in [1.29, 1.82) is 0 Å². The molecule has 0 aromatic heterocycles. The van der Waals surface area contributed by atoms with Crippen LogP contribution in [0.25, 0.3) is 0 Å². The maximum absolute atomic E-state index is 12.5. The predicted molar refractivity (Wildman–Crippen MR) is 96.0 cm³/mol. The van der Waals surface area contributed by atoms with E-state index in [0.29, 0.717) is 32.0 Å². The molecule has 1 aromatic rings. The minimum absolute atomic E-state index is 0.0985. The predicted octanol–water partition coefficient (Wildman–Crippen LogP) is 2.15. The molecule has 0 aliphatic carbocycles. The van der Waals surface area contributed by atoms with Gasteiger partial charge in [0.15, 0.2) is 0 Å². The molecule has 2 saturated heterocycles. The number of benzene rings is 1. The lowest BCUT2D eigenvalue weighted by molar-refractivity contribution is -0.143. The molecule has 136 valence electrons. The van der Waals surface area contributed by atoms with Crippen LogP contribution in [0.1, 0.15) is 38.2 Å². The molecule has 2 heterocycles. The number of nitrogens with one attached hydrogen (secondary N) is 1. The summed E-state index contributed by atoms with van der Waals surface area (Å²) >= 11 is 0. The lowest BCUT2D eigenvalue weighted by Gasteiger charge is -2.34. The minimum Gasteiger partial charge on any atom is -0.368 e. The highest BCUT2D eigenvalue weighted by Gasteiger charge is 2.35. The smallest absolute Gasteiger partial charge is 0.251 e. The van der Waals surface area contributed by atoms with Gasteiger partial charge in [-0.25, -0.2) is 0 Å². The number of ether oxygens (including phenoxy) is 1. The lowest BCUT2D eigenvalue weighted by atomic mass is 10.00. The van der Waals surface area contributed by atoms with Crippen LogP contribution in [-0.2, 0) is 20.7 Å².